The van der Waals surface area contributed by atoms with Gasteiger partial charge in [0.15, 0.2) is 0 Å². The molecule has 0 radical (unpaired) electrons. The summed E-state index contributed by atoms with van der Waals surface area (Å²) in [6.07, 6.45) is 4.01. The summed E-state index contributed by atoms with van der Waals surface area (Å²) < 4.78 is 27.5. The SMILES string of the molecule is Cc1cccc(S(=O)(=O)Nc2ccc(N3CCCC(C)C3)nc2)c1. The van der Waals surface area contributed by atoms with Gasteiger partial charge in [0.2, 0.25) is 0 Å². The molecule has 1 N–H and O–H groups in total. The van der Waals surface area contributed by atoms with Crippen LogP contribution in [0.2, 0.25) is 0 Å². The first kappa shape index (κ1) is 16.8. The van der Waals surface area contributed by atoms with E-state index in [1.807, 2.05) is 19.1 Å². The van der Waals surface area contributed by atoms with Crippen LogP contribution in [-0.2, 0) is 10.0 Å². The lowest BCUT2D eigenvalue weighted by Gasteiger charge is -2.31. The zero-order valence-corrected chi connectivity index (χ0v) is 14.9. The van der Waals surface area contributed by atoms with E-state index in [-0.39, 0.29) is 4.90 Å². The van der Waals surface area contributed by atoms with Gasteiger partial charge in [-0.1, -0.05) is 19.1 Å². The lowest BCUT2D eigenvalue weighted by atomic mass is 10.0. The van der Waals surface area contributed by atoms with Gasteiger partial charge >= 0.3 is 0 Å². The first-order chi connectivity index (χ1) is 11.4. The van der Waals surface area contributed by atoms with Crippen LogP contribution in [0, 0.1) is 12.8 Å². The highest BCUT2D eigenvalue weighted by Crippen LogP contribution is 2.23. The predicted molar refractivity (Wildman–Crippen MR) is 96.8 cm³/mol. The maximum absolute atomic E-state index is 12.4. The molecule has 0 bridgehead atoms. The standard InChI is InChI=1S/C18H23N3O2S/c1-14-5-3-7-17(11-14)24(22,23)20-16-8-9-18(19-12-16)21-10-4-6-15(2)13-21/h3,5,7-9,11-12,15,20H,4,6,10,13H2,1-2H3. The average molecular weight is 345 g/mol. The topological polar surface area (TPSA) is 62.3 Å². The molecule has 0 aliphatic carbocycles. The summed E-state index contributed by atoms with van der Waals surface area (Å²) in [5, 5.41) is 0. The molecular weight excluding hydrogens is 322 g/mol. The highest BCUT2D eigenvalue weighted by molar-refractivity contribution is 7.92. The molecule has 1 unspecified atom stereocenters. The second-order valence-corrected chi connectivity index (χ2v) is 8.20. The lowest BCUT2D eigenvalue weighted by molar-refractivity contribution is 0.444. The summed E-state index contributed by atoms with van der Waals surface area (Å²) >= 11 is 0. The van der Waals surface area contributed by atoms with Crippen LogP contribution in [0.4, 0.5) is 11.5 Å². The number of rotatable bonds is 4. The second kappa shape index (κ2) is 6.81. The fourth-order valence-electron chi connectivity index (χ4n) is 3.03. The molecule has 1 aliphatic rings. The first-order valence-corrected chi connectivity index (χ1v) is 9.73. The monoisotopic (exact) mass is 345 g/mol. The number of anilines is 2. The predicted octanol–water partition coefficient (Wildman–Crippen LogP) is 3.43. The van der Waals surface area contributed by atoms with Crippen molar-refractivity contribution in [1.29, 1.82) is 0 Å². The van der Waals surface area contributed by atoms with E-state index in [2.05, 4.69) is 21.5 Å². The van der Waals surface area contributed by atoms with Gasteiger partial charge in [0, 0.05) is 13.1 Å². The van der Waals surface area contributed by atoms with E-state index in [0.29, 0.717) is 11.6 Å². The number of aryl methyl sites for hydroxylation is 1. The normalized spacial score (nSPS) is 18.4. The van der Waals surface area contributed by atoms with Gasteiger partial charge in [-0.15, -0.1) is 0 Å². The molecule has 128 valence electrons. The molecule has 24 heavy (non-hydrogen) atoms. The van der Waals surface area contributed by atoms with Crippen LogP contribution in [0.3, 0.4) is 0 Å². The van der Waals surface area contributed by atoms with Gasteiger partial charge in [-0.25, -0.2) is 13.4 Å². The molecule has 0 spiro atoms. The van der Waals surface area contributed by atoms with E-state index in [9.17, 15) is 8.42 Å². The molecule has 2 heterocycles. The Morgan fingerprint density at radius 2 is 2.08 bits per heavy atom. The number of nitrogens with zero attached hydrogens (tertiary/aromatic N) is 2. The molecule has 1 fully saturated rings. The van der Waals surface area contributed by atoms with E-state index >= 15 is 0 Å². The first-order valence-electron chi connectivity index (χ1n) is 8.24. The molecule has 6 heteroatoms. The van der Waals surface area contributed by atoms with Gasteiger partial charge in [0.05, 0.1) is 16.8 Å². The summed E-state index contributed by atoms with van der Waals surface area (Å²) in [4.78, 5) is 6.95. The molecule has 0 saturated carbocycles. The fourth-order valence-corrected chi connectivity index (χ4v) is 4.18. The van der Waals surface area contributed by atoms with E-state index in [4.69, 9.17) is 0 Å². The van der Waals surface area contributed by atoms with Gasteiger partial charge in [0.1, 0.15) is 5.82 Å². The molecule has 0 amide bonds. The molecule has 1 atom stereocenters. The summed E-state index contributed by atoms with van der Waals surface area (Å²) in [6, 6.07) is 10.5. The Morgan fingerprint density at radius 3 is 2.75 bits per heavy atom. The smallest absolute Gasteiger partial charge is 0.261 e. The van der Waals surface area contributed by atoms with Crippen molar-refractivity contribution in [2.75, 3.05) is 22.7 Å². The highest BCUT2D eigenvalue weighted by atomic mass is 32.2. The van der Waals surface area contributed by atoms with Crippen molar-refractivity contribution in [3.63, 3.8) is 0 Å². The molecule has 2 aromatic rings. The third kappa shape index (κ3) is 3.87. The Hall–Kier alpha value is -2.08. The van der Waals surface area contributed by atoms with Crippen LogP contribution < -0.4 is 9.62 Å². The van der Waals surface area contributed by atoms with Crippen molar-refractivity contribution in [2.45, 2.75) is 31.6 Å². The van der Waals surface area contributed by atoms with Crippen molar-refractivity contribution in [2.24, 2.45) is 5.92 Å². The van der Waals surface area contributed by atoms with E-state index in [0.717, 1.165) is 24.5 Å². The molecule has 1 aromatic heterocycles. The molecule has 1 aliphatic heterocycles. The summed E-state index contributed by atoms with van der Waals surface area (Å²) in [5.74, 6) is 1.57. The van der Waals surface area contributed by atoms with E-state index < -0.39 is 10.0 Å². The summed E-state index contributed by atoms with van der Waals surface area (Å²) in [6.45, 7) is 6.12. The van der Waals surface area contributed by atoms with Crippen LogP contribution in [0.5, 0.6) is 0 Å². The zero-order valence-electron chi connectivity index (χ0n) is 14.1. The molecule has 3 rings (SSSR count). The number of benzene rings is 1. The fraction of sp³-hybridized carbons (Fsp3) is 0.389. The Morgan fingerprint density at radius 1 is 1.25 bits per heavy atom. The lowest BCUT2D eigenvalue weighted by Crippen LogP contribution is -2.34. The Kier molecular flexibility index (Phi) is 4.76. The Labute approximate surface area is 143 Å². The summed E-state index contributed by atoms with van der Waals surface area (Å²) in [5.41, 5.74) is 1.39. The number of hydrogen-bond donors (Lipinski definition) is 1. The Balaban J connectivity index is 1.74. The minimum absolute atomic E-state index is 0.261. The van der Waals surface area contributed by atoms with Crippen LogP contribution >= 0.6 is 0 Å². The van der Waals surface area contributed by atoms with Crippen LogP contribution in [0.1, 0.15) is 25.3 Å². The van der Waals surface area contributed by atoms with Crippen LogP contribution in [0.25, 0.3) is 0 Å². The molecule has 1 saturated heterocycles. The minimum atomic E-state index is -3.59. The number of aromatic nitrogens is 1. The number of pyridine rings is 1. The van der Waals surface area contributed by atoms with E-state index in [1.54, 1.807) is 30.5 Å². The van der Waals surface area contributed by atoms with Crippen molar-refractivity contribution in [1.82, 2.24) is 4.98 Å². The number of piperidine rings is 1. The second-order valence-electron chi connectivity index (χ2n) is 6.52. The number of sulfonamides is 1. The van der Waals surface area contributed by atoms with E-state index in [1.165, 1.54) is 12.8 Å². The van der Waals surface area contributed by atoms with Gasteiger partial charge in [-0.3, -0.25) is 4.72 Å². The Bertz CT molecular complexity index is 803. The summed E-state index contributed by atoms with van der Waals surface area (Å²) in [7, 11) is -3.59. The van der Waals surface area contributed by atoms with Crippen LogP contribution in [-0.4, -0.2) is 26.5 Å². The number of hydrogen-bond acceptors (Lipinski definition) is 4. The third-order valence-corrected chi connectivity index (χ3v) is 5.66. The maximum Gasteiger partial charge on any atom is 0.261 e. The van der Waals surface area contributed by atoms with Crippen molar-refractivity contribution in [3.05, 3.63) is 48.2 Å². The van der Waals surface area contributed by atoms with Crippen molar-refractivity contribution in [3.8, 4) is 0 Å². The molecule has 1 aromatic carbocycles. The quantitative estimate of drug-likeness (QED) is 0.922. The van der Waals surface area contributed by atoms with Gasteiger partial charge < -0.3 is 4.90 Å². The van der Waals surface area contributed by atoms with Gasteiger partial charge in [0.25, 0.3) is 10.0 Å². The molecular formula is C18H23N3O2S. The van der Waals surface area contributed by atoms with Crippen molar-refractivity contribution >= 4 is 21.5 Å². The largest absolute Gasteiger partial charge is 0.356 e. The number of nitrogens with one attached hydrogen (secondary N) is 1. The minimum Gasteiger partial charge on any atom is -0.356 e. The molecule has 5 nitrogen and oxygen atoms in total. The maximum atomic E-state index is 12.4. The zero-order chi connectivity index (χ0) is 17.2. The van der Waals surface area contributed by atoms with Gasteiger partial charge in [-0.2, -0.15) is 0 Å². The average Bonchev–Trinajstić information content (AvgIpc) is 2.55. The highest BCUT2D eigenvalue weighted by Gasteiger charge is 2.18. The van der Waals surface area contributed by atoms with Crippen molar-refractivity contribution < 1.29 is 8.42 Å². The van der Waals surface area contributed by atoms with Gasteiger partial charge in [-0.05, 0) is 55.5 Å². The van der Waals surface area contributed by atoms with Crippen LogP contribution in [0.15, 0.2) is 47.5 Å². The third-order valence-electron chi connectivity index (χ3n) is 4.28.